The van der Waals surface area contributed by atoms with Gasteiger partial charge in [0.05, 0.1) is 13.2 Å². The zero-order valence-corrected chi connectivity index (χ0v) is 17.8. The number of anilines is 1. The van der Waals surface area contributed by atoms with E-state index in [0.29, 0.717) is 50.1 Å². The lowest BCUT2D eigenvalue weighted by Crippen LogP contribution is -2.49. The number of piperazine rings is 1. The Hall–Kier alpha value is -2.58. The molecule has 0 saturated carbocycles. The van der Waals surface area contributed by atoms with E-state index >= 15 is 0 Å². The molecule has 0 aliphatic carbocycles. The van der Waals surface area contributed by atoms with Crippen LogP contribution < -0.4 is 4.90 Å². The zero-order chi connectivity index (χ0) is 21.1. The summed E-state index contributed by atoms with van der Waals surface area (Å²) in [6.45, 7) is 7.04. The van der Waals surface area contributed by atoms with Crippen molar-refractivity contribution in [3.63, 3.8) is 0 Å². The van der Waals surface area contributed by atoms with Gasteiger partial charge in [0.1, 0.15) is 6.54 Å². The summed E-state index contributed by atoms with van der Waals surface area (Å²) < 4.78 is 6.92. The molecule has 4 rings (SSSR count). The van der Waals surface area contributed by atoms with Crippen LogP contribution in [-0.2, 0) is 16.1 Å². The van der Waals surface area contributed by atoms with Crippen LogP contribution in [-0.4, -0.2) is 83.9 Å². The number of nitrogens with zero attached hydrogens (tertiary/aromatic N) is 5. The van der Waals surface area contributed by atoms with Gasteiger partial charge in [0.2, 0.25) is 5.91 Å². The summed E-state index contributed by atoms with van der Waals surface area (Å²) in [4.78, 5) is 31.3. The van der Waals surface area contributed by atoms with Crippen molar-refractivity contribution in [1.29, 1.82) is 0 Å². The Morgan fingerprint density at radius 3 is 2.47 bits per heavy atom. The molecule has 2 fully saturated rings. The van der Waals surface area contributed by atoms with Crippen molar-refractivity contribution >= 4 is 29.1 Å². The molecule has 8 nitrogen and oxygen atoms in total. The number of aromatic nitrogens is 2. The van der Waals surface area contributed by atoms with Crippen LogP contribution in [0.25, 0.3) is 0 Å². The Balaban J connectivity index is 1.34. The Morgan fingerprint density at radius 1 is 1.03 bits per heavy atom. The Kier molecular flexibility index (Phi) is 6.24. The maximum atomic E-state index is 12.8. The summed E-state index contributed by atoms with van der Waals surface area (Å²) >= 11 is 6.09. The van der Waals surface area contributed by atoms with Crippen LogP contribution in [0, 0.1) is 6.92 Å². The minimum absolute atomic E-state index is 0.0114. The van der Waals surface area contributed by atoms with E-state index < -0.39 is 0 Å². The number of hydrogen-bond donors (Lipinski definition) is 0. The van der Waals surface area contributed by atoms with Crippen LogP contribution in [0.15, 0.2) is 30.3 Å². The monoisotopic (exact) mass is 431 g/mol. The maximum Gasteiger partial charge on any atom is 0.274 e. The van der Waals surface area contributed by atoms with E-state index in [2.05, 4.69) is 10.00 Å². The molecule has 0 N–H and O–H groups in total. The number of aryl methyl sites for hydroxylation is 1. The van der Waals surface area contributed by atoms with Gasteiger partial charge in [0.25, 0.3) is 5.91 Å². The second-order valence-electron chi connectivity index (χ2n) is 7.58. The molecule has 0 unspecified atom stereocenters. The first kappa shape index (κ1) is 20.7. The smallest absolute Gasteiger partial charge is 0.274 e. The van der Waals surface area contributed by atoms with Crippen molar-refractivity contribution in [2.45, 2.75) is 13.5 Å². The summed E-state index contributed by atoms with van der Waals surface area (Å²) in [7, 11) is 0. The van der Waals surface area contributed by atoms with Crippen LogP contribution in [0.5, 0.6) is 0 Å². The largest absolute Gasteiger partial charge is 0.378 e. The fourth-order valence-electron chi connectivity index (χ4n) is 3.82. The predicted octanol–water partition coefficient (Wildman–Crippen LogP) is 1.67. The first-order valence-electron chi connectivity index (χ1n) is 10.2. The molecule has 2 amide bonds. The van der Waals surface area contributed by atoms with Gasteiger partial charge in [-0.15, -0.1) is 0 Å². The Morgan fingerprint density at radius 2 is 1.77 bits per heavy atom. The third-order valence-electron chi connectivity index (χ3n) is 5.59. The molecule has 1 aromatic carbocycles. The molecule has 0 atom stereocenters. The van der Waals surface area contributed by atoms with Crippen LogP contribution >= 0.6 is 11.6 Å². The van der Waals surface area contributed by atoms with E-state index in [-0.39, 0.29) is 18.4 Å². The number of morpholine rings is 1. The third-order valence-corrected chi connectivity index (χ3v) is 5.82. The highest BCUT2D eigenvalue weighted by Gasteiger charge is 2.25. The number of ether oxygens (including phenoxy) is 1. The average molecular weight is 432 g/mol. The molecular formula is C21H26ClN5O3. The van der Waals surface area contributed by atoms with E-state index in [4.69, 9.17) is 16.3 Å². The minimum Gasteiger partial charge on any atom is -0.378 e. The van der Waals surface area contributed by atoms with E-state index in [1.165, 1.54) is 0 Å². The number of benzene rings is 1. The van der Waals surface area contributed by atoms with Gasteiger partial charge in [0, 0.05) is 55.7 Å². The van der Waals surface area contributed by atoms with Gasteiger partial charge in [0.15, 0.2) is 5.69 Å². The molecule has 1 aromatic heterocycles. The second kappa shape index (κ2) is 9.06. The van der Waals surface area contributed by atoms with Crippen molar-refractivity contribution in [2.24, 2.45) is 0 Å². The zero-order valence-electron chi connectivity index (χ0n) is 17.1. The molecule has 2 saturated heterocycles. The molecule has 2 aliphatic rings. The molecule has 2 aromatic rings. The maximum absolute atomic E-state index is 12.8. The number of carbonyl (C=O) groups excluding carboxylic acids is 2. The van der Waals surface area contributed by atoms with Gasteiger partial charge >= 0.3 is 0 Å². The van der Waals surface area contributed by atoms with Crippen molar-refractivity contribution in [1.82, 2.24) is 19.6 Å². The third kappa shape index (κ3) is 4.60. The lowest BCUT2D eigenvalue weighted by atomic mass is 10.2. The van der Waals surface area contributed by atoms with Gasteiger partial charge in [-0.1, -0.05) is 17.7 Å². The van der Waals surface area contributed by atoms with Crippen molar-refractivity contribution < 1.29 is 14.3 Å². The molecule has 0 bridgehead atoms. The molecule has 3 heterocycles. The lowest BCUT2D eigenvalue weighted by Gasteiger charge is -2.36. The van der Waals surface area contributed by atoms with Crippen molar-refractivity contribution in [3.8, 4) is 0 Å². The van der Waals surface area contributed by atoms with Crippen molar-refractivity contribution in [2.75, 3.05) is 57.4 Å². The molecular weight excluding hydrogens is 406 g/mol. The topological polar surface area (TPSA) is 70.9 Å². The number of amides is 2. The predicted molar refractivity (Wildman–Crippen MR) is 114 cm³/mol. The van der Waals surface area contributed by atoms with E-state index in [9.17, 15) is 9.59 Å². The Bertz CT molecular complexity index is 917. The van der Waals surface area contributed by atoms with Crippen molar-refractivity contribution in [3.05, 3.63) is 46.7 Å². The fourth-order valence-corrected chi connectivity index (χ4v) is 4.00. The summed E-state index contributed by atoms with van der Waals surface area (Å²) in [5, 5.41) is 5.11. The van der Waals surface area contributed by atoms with Crippen LogP contribution in [0.3, 0.4) is 0 Å². The standard InChI is InChI=1S/C21H26ClN5O3/c1-16-13-19(21(29)26-9-11-30-12-10-26)23-27(16)15-20(28)25-7-5-24(6-8-25)18-4-2-3-17(22)14-18/h2-4,13-14H,5-12,15H2,1H3. The first-order chi connectivity index (χ1) is 14.5. The first-order valence-corrected chi connectivity index (χ1v) is 10.6. The quantitative estimate of drug-likeness (QED) is 0.736. The second-order valence-corrected chi connectivity index (χ2v) is 8.02. The van der Waals surface area contributed by atoms with Gasteiger partial charge < -0.3 is 19.4 Å². The fraction of sp³-hybridized carbons (Fsp3) is 0.476. The van der Waals surface area contributed by atoms with Crippen LogP contribution in [0.4, 0.5) is 5.69 Å². The number of hydrogen-bond acceptors (Lipinski definition) is 5. The highest BCUT2D eigenvalue weighted by molar-refractivity contribution is 6.30. The summed E-state index contributed by atoms with van der Waals surface area (Å²) in [5.41, 5.74) is 2.26. The van der Waals surface area contributed by atoms with Crippen LogP contribution in [0.1, 0.15) is 16.2 Å². The van der Waals surface area contributed by atoms with Crippen LogP contribution in [0.2, 0.25) is 5.02 Å². The number of carbonyl (C=O) groups is 2. The van der Waals surface area contributed by atoms with E-state index in [0.717, 1.165) is 24.5 Å². The average Bonchev–Trinajstić information content (AvgIpc) is 3.14. The van der Waals surface area contributed by atoms with Gasteiger partial charge in [-0.05, 0) is 31.2 Å². The van der Waals surface area contributed by atoms with Gasteiger partial charge in [-0.3, -0.25) is 14.3 Å². The minimum atomic E-state index is -0.109. The molecule has 9 heteroatoms. The molecule has 160 valence electrons. The normalized spacial score (nSPS) is 17.3. The Labute approximate surface area is 180 Å². The molecule has 0 radical (unpaired) electrons. The number of rotatable bonds is 4. The number of halogens is 1. The SMILES string of the molecule is Cc1cc(C(=O)N2CCOCC2)nn1CC(=O)N1CCN(c2cccc(Cl)c2)CC1. The lowest BCUT2D eigenvalue weighted by molar-refractivity contribution is -0.132. The highest BCUT2D eigenvalue weighted by Crippen LogP contribution is 2.21. The molecule has 0 spiro atoms. The summed E-state index contributed by atoms with van der Waals surface area (Å²) in [6, 6.07) is 9.52. The molecule has 2 aliphatic heterocycles. The van der Waals surface area contributed by atoms with Gasteiger partial charge in [-0.2, -0.15) is 5.10 Å². The van der Waals surface area contributed by atoms with E-state index in [1.807, 2.05) is 36.1 Å². The van der Waals surface area contributed by atoms with E-state index in [1.54, 1.807) is 15.6 Å². The summed E-state index contributed by atoms with van der Waals surface area (Å²) in [5.74, 6) is -0.0972. The summed E-state index contributed by atoms with van der Waals surface area (Å²) in [6.07, 6.45) is 0. The van der Waals surface area contributed by atoms with Gasteiger partial charge in [-0.25, -0.2) is 0 Å². The highest BCUT2D eigenvalue weighted by atomic mass is 35.5. The molecule has 30 heavy (non-hydrogen) atoms.